The molecule has 3 rings (SSSR count). The minimum absolute atomic E-state index is 0.285. The Kier molecular flexibility index (Phi) is 5.77. The number of nitrogens with zero attached hydrogens (tertiary/aromatic N) is 3. The fourth-order valence-electron chi connectivity index (χ4n) is 2.36. The van der Waals surface area contributed by atoms with Gasteiger partial charge in [0.1, 0.15) is 17.2 Å². The molecule has 0 bridgehead atoms. The third-order valence-corrected chi connectivity index (χ3v) is 3.87. The molecule has 0 atom stereocenters. The largest absolute Gasteiger partial charge is 0.497 e. The second-order valence-electron chi connectivity index (χ2n) is 5.33. The molecule has 0 fully saturated rings. The molecule has 0 saturated heterocycles. The van der Waals surface area contributed by atoms with Gasteiger partial charge in [0, 0.05) is 11.1 Å². The van der Waals surface area contributed by atoms with Crippen molar-refractivity contribution in [3.05, 3.63) is 47.6 Å². The number of aromatic nitrogens is 3. The fraction of sp³-hybridized carbons (Fsp3) is 0.167. The summed E-state index contributed by atoms with van der Waals surface area (Å²) in [7, 11) is 4.75. The average molecular weight is 388 g/mol. The number of nitrogens with one attached hydrogen (secondary N) is 2. The van der Waals surface area contributed by atoms with Gasteiger partial charge in [0.15, 0.2) is 5.82 Å². The SMILES string of the molecule is COc1ccc(OC)c(Nc2nncc(Nc3cc(Cl)ccc3OC)n2)c1. The lowest BCUT2D eigenvalue weighted by Crippen LogP contribution is -2.04. The highest BCUT2D eigenvalue weighted by Crippen LogP contribution is 2.32. The van der Waals surface area contributed by atoms with Crippen molar-refractivity contribution in [2.24, 2.45) is 0 Å². The van der Waals surface area contributed by atoms with Crippen LogP contribution in [0.1, 0.15) is 0 Å². The van der Waals surface area contributed by atoms with E-state index in [-0.39, 0.29) is 5.95 Å². The first-order chi connectivity index (χ1) is 13.1. The van der Waals surface area contributed by atoms with Gasteiger partial charge in [-0.1, -0.05) is 11.6 Å². The van der Waals surface area contributed by atoms with Gasteiger partial charge in [-0.25, -0.2) is 0 Å². The van der Waals surface area contributed by atoms with E-state index in [4.69, 9.17) is 25.8 Å². The third kappa shape index (κ3) is 4.48. The van der Waals surface area contributed by atoms with Crippen LogP contribution in [0.25, 0.3) is 0 Å². The molecule has 0 aliphatic heterocycles. The van der Waals surface area contributed by atoms with Crippen molar-refractivity contribution in [3.63, 3.8) is 0 Å². The van der Waals surface area contributed by atoms with E-state index >= 15 is 0 Å². The van der Waals surface area contributed by atoms with Gasteiger partial charge >= 0.3 is 0 Å². The fourth-order valence-corrected chi connectivity index (χ4v) is 2.54. The van der Waals surface area contributed by atoms with Gasteiger partial charge in [-0.05, 0) is 30.3 Å². The summed E-state index contributed by atoms with van der Waals surface area (Å²) < 4.78 is 15.9. The average Bonchev–Trinajstić information content (AvgIpc) is 2.68. The molecule has 0 aliphatic carbocycles. The van der Waals surface area contributed by atoms with Gasteiger partial charge in [0.2, 0.25) is 5.95 Å². The first-order valence-electron chi connectivity index (χ1n) is 7.92. The summed E-state index contributed by atoms with van der Waals surface area (Å²) in [4.78, 5) is 4.41. The lowest BCUT2D eigenvalue weighted by Gasteiger charge is -2.13. The summed E-state index contributed by atoms with van der Waals surface area (Å²) in [6.07, 6.45) is 1.49. The van der Waals surface area contributed by atoms with Crippen LogP contribution in [0.4, 0.5) is 23.1 Å². The lowest BCUT2D eigenvalue weighted by atomic mass is 10.2. The Labute approximate surface area is 161 Å². The van der Waals surface area contributed by atoms with E-state index in [0.717, 1.165) is 0 Å². The normalized spacial score (nSPS) is 10.2. The number of benzene rings is 2. The van der Waals surface area contributed by atoms with E-state index < -0.39 is 0 Å². The Morgan fingerprint density at radius 3 is 2.26 bits per heavy atom. The maximum absolute atomic E-state index is 6.06. The highest BCUT2D eigenvalue weighted by Gasteiger charge is 2.10. The Bertz CT molecular complexity index is 939. The standard InChI is InChI=1S/C18H18ClN5O3/c1-25-12-5-7-16(27-3)14(9-12)22-18-23-17(10-20-24-18)21-13-8-11(19)4-6-15(13)26-2/h4-10H,1-3H3,(H2,21,22,23,24). The van der Waals surface area contributed by atoms with Gasteiger partial charge in [-0.3, -0.25) is 0 Å². The number of hydrogen-bond donors (Lipinski definition) is 2. The molecular weight excluding hydrogens is 370 g/mol. The van der Waals surface area contributed by atoms with Gasteiger partial charge in [-0.15, -0.1) is 5.10 Å². The molecule has 0 amide bonds. The molecule has 3 aromatic rings. The summed E-state index contributed by atoms with van der Waals surface area (Å²) in [6.45, 7) is 0. The van der Waals surface area contributed by atoms with Crippen molar-refractivity contribution in [2.75, 3.05) is 32.0 Å². The molecule has 0 spiro atoms. The zero-order valence-electron chi connectivity index (χ0n) is 15.0. The number of rotatable bonds is 7. The maximum Gasteiger partial charge on any atom is 0.249 e. The van der Waals surface area contributed by atoms with Crippen LogP contribution in [0.5, 0.6) is 17.2 Å². The molecule has 0 unspecified atom stereocenters. The lowest BCUT2D eigenvalue weighted by molar-refractivity contribution is 0.405. The summed E-state index contributed by atoms with van der Waals surface area (Å²) in [6, 6.07) is 10.6. The van der Waals surface area contributed by atoms with Crippen LogP contribution in [-0.2, 0) is 0 Å². The van der Waals surface area contributed by atoms with Gasteiger partial charge in [0.25, 0.3) is 0 Å². The van der Waals surface area contributed by atoms with Crippen molar-refractivity contribution in [1.29, 1.82) is 0 Å². The molecule has 0 radical (unpaired) electrons. The number of ether oxygens (including phenoxy) is 3. The predicted molar refractivity (Wildman–Crippen MR) is 104 cm³/mol. The number of hydrogen-bond acceptors (Lipinski definition) is 8. The minimum atomic E-state index is 0.285. The van der Waals surface area contributed by atoms with Crippen molar-refractivity contribution in [3.8, 4) is 17.2 Å². The van der Waals surface area contributed by atoms with Crippen LogP contribution < -0.4 is 24.8 Å². The van der Waals surface area contributed by atoms with Crippen molar-refractivity contribution in [2.45, 2.75) is 0 Å². The second-order valence-corrected chi connectivity index (χ2v) is 5.76. The molecule has 0 saturated carbocycles. The molecule has 27 heavy (non-hydrogen) atoms. The van der Waals surface area contributed by atoms with E-state index in [1.54, 1.807) is 57.7 Å². The van der Waals surface area contributed by atoms with Crippen LogP contribution in [-0.4, -0.2) is 36.5 Å². The quantitative estimate of drug-likeness (QED) is 0.627. The highest BCUT2D eigenvalue weighted by molar-refractivity contribution is 6.31. The number of methoxy groups -OCH3 is 3. The monoisotopic (exact) mass is 387 g/mol. The Hall–Kier alpha value is -3.26. The van der Waals surface area contributed by atoms with E-state index in [9.17, 15) is 0 Å². The number of anilines is 4. The zero-order valence-corrected chi connectivity index (χ0v) is 15.7. The highest BCUT2D eigenvalue weighted by atomic mass is 35.5. The zero-order chi connectivity index (χ0) is 19.2. The molecular formula is C18H18ClN5O3. The van der Waals surface area contributed by atoms with Crippen LogP contribution in [0.15, 0.2) is 42.6 Å². The maximum atomic E-state index is 6.06. The van der Waals surface area contributed by atoms with Crippen LogP contribution in [0.2, 0.25) is 5.02 Å². The summed E-state index contributed by atoms with van der Waals surface area (Å²) in [5.41, 5.74) is 1.31. The van der Waals surface area contributed by atoms with E-state index in [2.05, 4.69) is 25.8 Å². The Morgan fingerprint density at radius 1 is 0.852 bits per heavy atom. The summed E-state index contributed by atoms with van der Waals surface area (Å²) in [5.74, 6) is 2.67. The molecule has 8 nitrogen and oxygen atoms in total. The van der Waals surface area contributed by atoms with E-state index in [1.165, 1.54) is 6.20 Å². The predicted octanol–water partition coefficient (Wildman–Crippen LogP) is 4.04. The van der Waals surface area contributed by atoms with Crippen molar-refractivity contribution < 1.29 is 14.2 Å². The summed E-state index contributed by atoms with van der Waals surface area (Å²) >= 11 is 6.06. The summed E-state index contributed by atoms with van der Waals surface area (Å²) in [5, 5.41) is 14.7. The molecule has 1 aromatic heterocycles. The molecule has 9 heteroatoms. The first-order valence-corrected chi connectivity index (χ1v) is 8.30. The van der Waals surface area contributed by atoms with Crippen molar-refractivity contribution >= 4 is 34.7 Å². The topological polar surface area (TPSA) is 90.4 Å². The van der Waals surface area contributed by atoms with Crippen LogP contribution in [0.3, 0.4) is 0 Å². The van der Waals surface area contributed by atoms with Crippen LogP contribution in [0, 0.1) is 0 Å². The van der Waals surface area contributed by atoms with Gasteiger partial charge in [0.05, 0.1) is 38.9 Å². The Balaban J connectivity index is 1.86. The van der Waals surface area contributed by atoms with Crippen LogP contribution >= 0.6 is 11.6 Å². The van der Waals surface area contributed by atoms with E-state index in [1.807, 2.05) is 0 Å². The van der Waals surface area contributed by atoms with E-state index in [0.29, 0.717) is 39.5 Å². The first kappa shape index (κ1) is 18.5. The Morgan fingerprint density at radius 2 is 1.56 bits per heavy atom. The molecule has 2 aromatic carbocycles. The third-order valence-electron chi connectivity index (χ3n) is 3.64. The molecule has 2 N–H and O–H groups in total. The molecule has 1 heterocycles. The molecule has 140 valence electrons. The van der Waals surface area contributed by atoms with Crippen molar-refractivity contribution in [1.82, 2.24) is 15.2 Å². The minimum Gasteiger partial charge on any atom is -0.497 e. The molecule has 0 aliphatic rings. The van der Waals surface area contributed by atoms with Gasteiger partial charge in [-0.2, -0.15) is 10.1 Å². The van der Waals surface area contributed by atoms with Gasteiger partial charge < -0.3 is 24.8 Å². The number of halogens is 1. The smallest absolute Gasteiger partial charge is 0.249 e. The second kappa shape index (κ2) is 8.41.